The lowest BCUT2D eigenvalue weighted by Crippen LogP contribution is -2.07. The number of aromatic nitrogens is 4. The maximum Gasteiger partial charge on any atom is 0.156 e. The van der Waals surface area contributed by atoms with Crippen molar-refractivity contribution >= 4 is 16.9 Å². The zero-order valence-electron chi connectivity index (χ0n) is 13.2. The smallest absolute Gasteiger partial charge is 0.156 e. The topological polar surface area (TPSA) is 55.6 Å². The lowest BCUT2D eigenvalue weighted by atomic mass is 10.2. The fourth-order valence-electron chi connectivity index (χ4n) is 2.79. The van der Waals surface area contributed by atoms with Crippen LogP contribution in [0.2, 0.25) is 0 Å². The van der Waals surface area contributed by atoms with E-state index in [9.17, 15) is 4.39 Å². The molecule has 0 bridgehead atoms. The predicted octanol–water partition coefficient (Wildman–Crippen LogP) is 3.30. The monoisotopic (exact) mass is 311 g/mol. The number of aryl methyl sites for hydroxylation is 2. The average molecular weight is 311 g/mol. The Kier molecular flexibility index (Phi) is 3.25. The molecule has 1 aliphatic rings. The molecule has 6 heteroatoms. The van der Waals surface area contributed by atoms with Crippen LogP contribution >= 0.6 is 0 Å². The molecule has 1 N–H and O–H groups in total. The zero-order chi connectivity index (χ0) is 16.0. The van der Waals surface area contributed by atoms with Crippen molar-refractivity contribution in [3.63, 3.8) is 0 Å². The summed E-state index contributed by atoms with van der Waals surface area (Å²) in [4.78, 5) is 9.41. The number of nitrogens with one attached hydrogen (secondary N) is 1. The molecule has 5 nitrogen and oxygen atoms in total. The van der Waals surface area contributed by atoms with E-state index in [-0.39, 0.29) is 5.82 Å². The van der Waals surface area contributed by atoms with Gasteiger partial charge in [-0.15, -0.1) is 0 Å². The maximum absolute atomic E-state index is 13.0. The highest BCUT2D eigenvalue weighted by atomic mass is 19.1. The molecule has 0 radical (unpaired) electrons. The lowest BCUT2D eigenvalue weighted by Gasteiger charge is -2.10. The van der Waals surface area contributed by atoms with Gasteiger partial charge >= 0.3 is 0 Å². The third kappa shape index (κ3) is 2.65. The maximum atomic E-state index is 13.0. The van der Waals surface area contributed by atoms with Gasteiger partial charge in [0.1, 0.15) is 22.7 Å². The van der Waals surface area contributed by atoms with Crippen molar-refractivity contribution in [3.8, 4) is 0 Å². The van der Waals surface area contributed by atoms with Crippen LogP contribution in [0, 0.1) is 12.7 Å². The molecule has 0 saturated heterocycles. The number of fused-ring (bicyclic) bond motifs is 1. The second kappa shape index (κ2) is 5.30. The number of halogens is 1. The standard InChI is InChI=1S/C17H18FN5/c1-10-14-15(23(2)22-10)17(21-16(20-14)12-5-6-12)19-9-11-3-7-13(18)8-4-11/h3-4,7-8,12H,5-6,9H2,1-2H3,(H,19,20,21). The third-order valence-electron chi connectivity index (χ3n) is 4.18. The summed E-state index contributed by atoms with van der Waals surface area (Å²) in [5.74, 6) is 1.95. The minimum absolute atomic E-state index is 0.226. The van der Waals surface area contributed by atoms with Gasteiger partial charge < -0.3 is 5.32 Å². The van der Waals surface area contributed by atoms with Gasteiger partial charge in [-0.3, -0.25) is 4.68 Å². The molecule has 1 saturated carbocycles. The first-order valence-corrected chi connectivity index (χ1v) is 7.81. The first kappa shape index (κ1) is 14.1. The van der Waals surface area contributed by atoms with E-state index < -0.39 is 0 Å². The highest BCUT2D eigenvalue weighted by Gasteiger charge is 2.28. The number of rotatable bonds is 4. The molecular formula is C17H18FN5. The van der Waals surface area contributed by atoms with Crippen molar-refractivity contribution in [1.29, 1.82) is 0 Å². The van der Waals surface area contributed by atoms with Crippen LogP contribution in [0.15, 0.2) is 24.3 Å². The number of anilines is 1. The van der Waals surface area contributed by atoms with Gasteiger partial charge in [-0.25, -0.2) is 14.4 Å². The predicted molar refractivity (Wildman–Crippen MR) is 86.7 cm³/mol. The average Bonchev–Trinajstić information content (AvgIpc) is 3.34. The SMILES string of the molecule is Cc1nn(C)c2c(NCc3ccc(F)cc3)nc(C3CC3)nc12. The molecule has 0 atom stereocenters. The second-order valence-electron chi connectivity index (χ2n) is 6.09. The molecule has 0 amide bonds. The number of hydrogen-bond donors (Lipinski definition) is 1. The number of nitrogens with zero attached hydrogens (tertiary/aromatic N) is 4. The van der Waals surface area contributed by atoms with Crippen molar-refractivity contribution in [2.24, 2.45) is 7.05 Å². The largest absolute Gasteiger partial charge is 0.364 e. The van der Waals surface area contributed by atoms with E-state index in [1.54, 1.807) is 12.1 Å². The Hall–Kier alpha value is -2.50. The van der Waals surface area contributed by atoms with Crippen LogP contribution in [0.25, 0.3) is 11.0 Å². The van der Waals surface area contributed by atoms with Crippen molar-refractivity contribution in [2.45, 2.75) is 32.2 Å². The van der Waals surface area contributed by atoms with Crippen molar-refractivity contribution in [2.75, 3.05) is 5.32 Å². The van der Waals surface area contributed by atoms with Crippen molar-refractivity contribution in [3.05, 3.63) is 47.2 Å². The van der Waals surface area contributed by atoms with E-state index in [4.69, 9.17) is 9.97 Å². The molecule has 2 heterocycles. The van der Waals surface area contributed by atoms with E-state index >= 15 is 0 Å². The van der Waals surface area contributed by atoms with Gasteiger partial charge in [0.05, 0.1) is 5.69 Å². The molecule has 118 valence electrons. The minimum atomic E-state index is -0.226. The van der Waals surface area contributed by atoms with Crippen LogP contribution < -0.4 is 5.32 Å². The Bertz CT molecular complexity index is 865. The number of hydrogen-bond acceptors (Lipinski definition) is 4. The summed E-state index contributed by atoms with van der Waals surface area (Å²) in [5, 5.41) is 7.83. The summed E-state index contributed by atoms with van der Waals surface area (Å²) in [6, 6.07) is 6.49. The molecule has 0 unspecified atom stereocenters. The summed E-state index contributed by atoms with van der Waals surface area (Å²) < 4.78 is 14.8. The van der Waals surface area contributed by atoms with Gasteiger partial charge in [0.25, 0.3) is 0 Å². The Labute approximate surface area is 133 Å². The van der Waals surface area contributed by atoms with E-state index in [0.29, 0.717) is 12.5 Å². The van der Waals surface area contributed by atoms with Gasteiger partial charge in [0.2, 0.25) is 0 Å². The third-order valence-corrected chi connectivity index (χ3v) is 4.18. The second-order valence-corrected chi connectivity index (χ2v) is 6.09. The van der Waals surface area contributed by atoms with Crippen LogP contribution in [0.1, 0.15) is 35.8 Å². The van der Waals surface area contributed by atoms with Crippen molar-refractivity contribution < 1.29 is 4.39 Å². The molecule has 1 aliphatic carbocycles. The van der Waals surface area contributed by atoms with Crippen LogP contribution in [0.3, 0.4) is 0 Å². The first-order valence-electron chi connectivity index (χ1n) is 7.81. The van der Waals surface area contributed by atoms with Crippen LogP contribution in [-0.2, 0) is 13.6 Å². The zero-order valence-corrected chi connectivity index (χ0v) is 13.2. The molecule has 0 aliphatic heterocycles. The van der Waals surface area contributed by atoms with Crippen molar-refractivity contribution in [1.82, 2.24) is 19.7 Å². The van der Waals surface area contributed by atoms with Gasteiger partial charge in [0, 0.05) is 19.5 Å². The molecule has 3 aromatic rings. The van der Waals surface area contributed by atoms with Gasteiger partial charge in [-0.1, -0.05) is 12.1 Å². The normalized spacial score (nSPS) is 14.4. The molecule has 0 spiro atoms. The Morgan fingerprint density at radius 2 is 1.96 bits per heavy atom. The van der Waals surface area contributed by atoms with Gasteiger partial charge in [0.15, 0.2) is 5.82 Å². The van der Waals surface area contributed by atoms with Crippen LogP contribution in [0.4, 0.5) is 10.2 Å². The molecule has 4 rings (SSSR count). The fourth-order valence-corrected chi connectivity index (χ4v) is 2.79. The van der Waals surface area contributed by atoms with Crippen LogP contribution in [-0.4, -0.2) is 19.7 Å². The summed E-state index contributed by atoms with van der Waals surface area (Å²) in [7, 11) is 1.90. The first-order chi connectivity index (χ1) is 11.1. The lowest BCUT2D eigenvalue weighted by molar-refractivity contribution is 0.627. The highest BCUT2D eigenvalue weighted by Crippen LogP contribution is 2.39. The molecular weight excluding hydrogens is 293 g/mol. The molecule has 23 heavy (non-hydrogen) atoms. The fraction of sp³-hybridized carbons (Fsp3) is 0.353. The van der Waals surface area contributed by atoms with E-state index in [0.717, 1.165) is 46.8 Å². The number of benzene rings is 1. The molecule has 2 aromatic heterocycles. The van der Waals surface area contributed by atoms with Gasteiger partial charge in [-0.05, 0) is 37.5 Å². The summed E-state index contributed by atoms with van der Waals surface area (Å²) in [6.07, 6.45) is 2.31. The Morgan fingerprint density at radius 1 is 1.22 bits per heavy atom. The van der Waals surface area contributed by atoms with E-state index in [1.165, 1.54) is 12.1 Å². The summed E-state index contributed by atoms with van der Waals surface area (Å²) >= 11 is 0. The van der Waals surface area contributed by atoms with E-state index in [1.807, 2.05) is 18.7 Å². The Balaban J connectivity index is 1.71. The minimum Gasteiger partial charge on any atom is -0.364 e. The Morgan fingerprint density at radius 3 is 2.65 bits per heavy atom. The molecule has 1 fully saturated rings. The quantitative estimate of drug-likeness (QED) is 0.803. The highest BCUT2D eigenvalue weighted by molar-refractivity contribution is 5.87. The summed E-state index contributed by atoms with van der Waals surface area (Å²) in [6.45, 7) is 2.55. The molecule has 1 aromatic carbocycles. The van der Waals surface area contributed by atoms with Gasteiger partial charge in [-0.2, -0.15) is 5.10 Å². The van der Waals surface area contributed by atoms with Crippen LogP contribution in [0.5, 0.6) is 0 Å². The van der Waals surface area contributed by atoms with E-state index in [2.05, 4.69) is 10.4 Å². The summed E-state index contributed by atoms with van der Waals surface area (Å²) in [5.41, 5.74) is 3.74.